The van der Waals surface area contributed by atoms with E-state index in [1.807, 2.05) is 18.2 Å². The number of hydrogen-bond donors (Lipinski definition) is 0. The van der Waals surface area contributed by atoms with Gasteiger partial charge in [-0.05, 0) is 54.2 Å². The van der Waals surface area contributed by atoms with Gasteiger partial charge in [0.2, 0.25) is 0 Å². The molecule has 0 amide bonds. The highest BCUT2D eigenvalue weighted by molar-refractivity contribution is 5.79. The second-order valence-corrected chi connectivity index (χ2v) is 4.85. The third kappa shape index (κ3) is 2.85. The molecule has 0 nitrogen and oxygen atoms in total. The molecule has 0 heterocycles. The third-order valence-electron chi connectivity index (χ3n) is 3.55. The summed E-state index contributed by atoms with van der Waals surface area (Å²) >= 11 is 0. The Kier molecular flexibility index (Phi) is 4.01. The Labute approximate surface area is 116 Å². The van der Waals surface area contributed by atoms with Crippen LogP contribution in [0.15, 0.2) is 61.2 Å². The zero-order valence-corrected chi connectivity index (χ0v) is 11.9. The second kappa shape index (κ2) is 5.71. The summed E-state index contributed by atoms with van der Waals surface area (Å²) in [7, 11) is 0. The predicted molar refractivity (Wildman–Crippen MR) is 85.1 cm³/mol. The van der Waals surface area contributed by atoms with Gasteiger partial charge in [-0.1, -0.05) is 61.2 Å². The maximum Gasteiger partial charge on any atom is -0.0181 e. The molecule has 0 spiro atoms. The van der Waals surface area contributed by atoms with Crippen molar-refractivity contribution in [3.8, 4) is 0 Å². The van der Waals surface area contributed by atoms with Gasteiger partial charge in [0, 0.05) is 0 Å². The largest absolute Gasteiger partial charge is 0.0906 e. The number of hydrogen-bond acceptors (Lipinski definition) is 0. The Hall–Kier alpha value is -2.08. The molecule has 0 saturated carbocycles. The van der Waals surface area contributed by atoms with Gasteiger partial charge >= 0.3 is 0 Å². The van der Waals surface area contributed by atoms with E-state index in [2.05, 4.69) is 63.8 Å². The lowest BCUT2D eigenvalue weighted by Crippen LogP contribution is -1.91. The second-order valence-electron chi connectivity index (χ2n) is 4.85. The van der Waals surface area contributed by atoms with E-state index in [1.165, 1.54) is 27.8 Å². The molecule has 0 aromatic heterocycles. The lowest BCUT2D eigenvalue weighted by atomic mass is 9.94. The van der Waals surface area contributed by atoms with Gasteiger partial charge in [-0.25, -0.2) is 0 Å². The van der Waals surface area contributed by atoms with Crippen LogP contribution in [0.2, 0.25) is 0 Å². The van der Waals surface area contributed by atoms with Crippen molar-refractivity contribution in [2.75, 3.05) is 0 Å². The van der Waals surface area contributed by atoms with E-state index in [0.29, 0.717) is 0 Å². The summed E-state index contributed by atoms with van der Waals surface area (Å²) in [5.41, 5.74) is 7.37. The monoisotopic (exact) mass is 248 g/mol. The summed E-state index contributed by atoms with van der Waals surface area (Å²) in [5.74, 6) is 0. The molecule has 2 aromatic rings. The fourth-order valence-corrected chi connectivity index (χ4v) is 2.26. The fourth-order valence-electron chi connectivity index (χ4n) is 2.26. The van der Waals surface area contributed by atoms with Crippen LogP contribution in [-0.4, -0.2) is 0 Å². The molecule has 0 N–H and O–H groups in total. The van der Waals surface area contributed by atoms with Gasteiger partial charge in [0.15, 0.2) is 0 Å². The van der Waals surface area contributed by atoms with Crippen LogP contribution in [0.3, 0.4) is 0 Å². The van der Waals surface area contributed by atoms with Crippen molar-refractivity contribution in [1.82, 2.24) is 0 Å². The van der Waals surface area contributed by atoms with Crippen molar-refractivity contribution in [2.24, 2.45) is 0 Å². The van der Waals surface area contributed by atoms with Gasteiger partial charge < -0.3 is 0 Å². The van der Waals surface area contributed by atoms with Crippen molar-refractivity contribution in [3.63, 3.8) is 0 Å². The summed E-state index contributed by atoms with van der Waals surface area (Å²) in [6.07, 6.45) is 2.15. The molecule has 0 aliphatic carbocycles. The highest BCUT2D eigenvalue weighted by Gasteiger charge is 2.05. The lowest BCUT2D eigenvalue weighted by Gasteiger charge is -2.11. The lowest BCUT2D eigenvalue weighted by molar-refractivity contribution is 1.38. The Bertz CT molecular complexity index is 616. The first kappa shape index (κ1) is 13.4. The maximum absolute atomic E-state index is 4.22. The topological polar surface area (TPSA) is 0 Å². The minimum Gasteiger partial charge on any atom is -0.0906 e. The first-order chi connectivity index (χ1) is 9.13. The maximum atomic E-state index is 4.22. The molecule has 0 bridgehead atoms. The molecule has 19 heavy (non-hydrogen) atoms. The minimum absolute atomic E-state index is 1.08. The highest BCUT2D eigenvalue weighted by Crippen LogP contribution is 2.26. The average Bonchev–Trinajstić information content (AvgIpc) is 2.46. The van der Waals surface area contributed by atoms with Crippen LogP contribution in [0.5, 0.6) is 0 Å². The quantitative estimate of drug-likeness (QED) is 0.674. The van der Waals surface area contributed by atoms with Crippen LogP contribution < -0.4 is 0 Å². The number of benzene rings is 2. The summed E-state index contributed by atoms with van der Waals surface area (Å²) in [6.45, 7) is 10.6. The zero-order valence-electron chi connectivity index (χ0n) is 11.9. The van der Waals surface area contributed by atoms with Crippen LogP contribution in [-0.2, 0) is 0 Å². The molecule has 0 radical (unpaired) electrons. The van der Waals surface area contributed by atoms with E-state index >= 15 is 0 Å². The van der Waals surface area contributed by atoms with E-state index in [0.717, 1.165) is 5.57 Å². The molecule has 2 rings (SSSR count). The average molecular weight is 248 g/mol. The van der Waals surface area contributed by atoms with Gasteiger partial charge in [-0.3, -0.25) is 0 Å². The van der Waals surface area contributed by atoms with Gasteiger partial charge in [0.25, 0.3) is 0 Å². The van der Waals surface area contributed by atoms with Gasteiger partial charge in [0.1, 0.15) is 0 Å². The minimum atomic E-state index is 1.08. The van der Waals surface area contributed by atoms with Crippen molar-refractivity contribution < 1.29 is 0 Å². The van der Waals surface area contributed by atoms with Crippen molar-refractivity contribution >= 4 is 11.1 Å². The van der Waals surface area contributed by atoms with E-state index < -0.39 is 0 Å². The molecule has 2 aromatic carbocycles. The molecule has 96 valence electrons. The zero-order chi connectivity index (χ0) is 13.8. The van der Waals surface area contributed by atoms with Crippen LogP contribution in [0.1, 0.15) is 36.1 Å². The van der Waals surface area contributed by atoms with Crippen LogP contribution >= 0.6 is 0 Å². The standard InChI is InChI=1S/C19H20/c1-5-14(2)19-12-11-18(13-15(19)3)16(4)17-9-7-6-8-10-17/h5-13H,4H2,1-3H3/b14-5-. The Morgan fingerprint density at radius 2 is 1.68 bits per heavy atom. The molecular formula is C19H20. The third-order valence-corrected chi connectivity index (χ3v) is 3.55. The molecule has 0 aliphatic rings. The van der Waals surface area contributed by atoms with Crippen molar-refractivity contribution in [2.45, 2.75) is 20.8 Å². The normalized spacial score (nSPS) is 11.4. The Morgan fingerprint density at radius 3 is 2.26 bits per heavy atom. The molecule has 0 heteroatoms. The first-order valence-electron chi connectivity index (χ1n) is 6.62. The number of allylic oxidation sites excluding steroid dienone is 2. The first-order valence-corrected chi connectivity index (χ1v) is 6.62. The molecule has 0 unspecified atom stereocenters. The summed E-state index contributed by atoms with van der Waals surface area (Å²) < 4.78 is 0. The van der Waals surface area contributed by atoms with E-state index in [1.54, 1.807) is 0 Å². The molecule has 0 saturated heterocycles. The van der Waals surface area contributed by atoms with E-state index in [9.17, 15) is 0 Å². The van der Waals surface area contributed by atoms with E-state index in [-0.39, 0.29) is 0 Å². The summed E-state index contributed by atoms with van der Waals surface area (Å²) in [5, 5.41) is 0. The Morgan fingerprint density at radius 1 is 1.00 bits per heavy atom. The Balaban J connectivity index is 2.38. The van der Waals surface area contributed by atoms with Gasteiger partial charge in [-0.15, -0.1) is 0 Å². The molecule has 0 fully saturated rings. The number of aryl methyl sites for hydroxylation is 1. The van der Waals surface area contributed by atoms with Crippen LogP contribution in [0.4, 0.5) is 0 Å². The molecule has 0 aliphatic heterocycles. The smallest absolute Gasteiger partial charge is 0.0181 e. The van der Waals surface area contributed by atoms with Crippen LogP contribution in [0, 0.1) is 6.92 Å². The fraction of sp³-hybridized carbons (Fsp3) is 0.158. The molecular weight excluding hydrogens is 228 g/mol. The summed E-state index contributed by atoms with van der Waals surface area (Å²) in [4.78, 5) is 0. The van der Waals surface area contributed by atoms with Crippen molar-refractivity contribution in [1.29, 1.82) is 0 Å². The van der Waals surface area contributed by atoms with Gasteiger partial charge in [-0.2, -0.15) is 0 Å². The predicted octanol–water partition coefficient (Wildman–Crippen LogP) is 5.48. The SMILES string of the molecule is C=C(c1ccccc1)c1ccc(/C(C)=C\C)c(C)c1. The van der Waals surface area contributed by atoms with Gasteiger partial charge in [0.05, 0.1) is 0 Å². The van der Waals surface area contributed by atoms with Crippen molar-refractivity contribution in [3.05, 3.63) is 83.4 Å². The summed E-state index contributed by atoms with van der Waals surface area (Å²) in [6, 6.07) is 16.9. The highest BCUT2D eigenvalue weighted by atomic mass is 14.1. The van der Waals surface area contributed by atoms with Crippen LogP contribution in [0.25, 0.3) is 11.1 Å². The molecule has 0 atom stereocenters. The van der Waals surface area contributed by atoms with E-state index in [4.69, 9.17) is 0 Å². The number of rotatable bonds is 3.